The quantitative estimate of drug-likeness (QED) is 0.914. The fourth-order valence-electron chi connectivity index (χ4n) is 1.30. The van der Waals surface area contributed by atoms with Crippen LogP contribution in [-0.4, -0.2) is 26.5 Å². The molecule has 1 aromatic carbocycles. The highest BCUT2D eigenvalue weighted by Gasteiger charge is 2.14. The van der Waals surface area contributed by atoms with E-state index >= 15 is 0 Å². The molecule has 0 aliphatic carbocycles. The molecule has 0 spiro atoms. The average Bonchev–Trinajstić information content (AvgIpc) is 2.85. The molecule has 0 saturated carbocycles. The van der Waals surface area contributed by atoms with Gasteiger partial charge >= 0.3 is 5.97 Å². The van der Waals surface area contributed by atoms with Crippen LogP contribution in [0.2, 0.25) is 5.02 Å². The van der Waals surface area contributed by atoms with Crippen LogP contribution in [-0.2, 0) is 10.5 Å². The first-order valence-corrected chi connectivity index (χ1v) is 6.92. The zero-order chi connectivity index (χ0) is 13.8. The molecule has 1 atom stereocenters. The van der Waals surface area contributed by atoms with Crippen molar-refractivity contribution in [3.63, 3.8) is 0 Å². The molecule has 0 bridgehead atoms. The van der Waals surface area contributed by atoms with Crippen molar-refractivity contribution in [2.75, 3.05) is 0 Å². The molecule has 0 radical (unpaired) electrons. The topological polar surface area (TPSA) is 76.2 Å². The minimum atomic E-state index is -0.859. The third-order valence-electron chi connectivity index (χ3n) is 2.38. The molecule has 0 aliphatic rings. The number of thioether (sulfide) groups is 1. The molecule has 2 aromatic rings. The number of halogens is 1. The van der Waals surface area contributed by atoms with Crippen LogP contribution in [0.1, 0.15) is 12.8 Å². The smallest absolute Gasteiger partial charge is 0.316 e. The van der Waals surface area contributed by atoms with Crippen LogP contribution in [0.4, 0.5) is 0 Å². The van der Waals surface area contributed by atoms with Gasteiger partial charge in [0.05, 0.1) is 11.0 Å². The van der Waals surface area contributed by atoms with Crippen molar-refractivity contribution < 1.29 is 14.4 Å². The standard InChI is InChI=1S/C12H11ClN2O3S/c1-7(12(16)17)19-6-10-14-11(15-18-10)8-2-4-9(13)5-3-8/h2-5,7H,6H2,1H3,(H,16,17). The minimum absolute atomic E-state index is 0.369. The molecule has 1 aromatic heterocycles. The van der Waals surface area contributed by atoms with Gasteiger partial charge in [0.15, 0.2) is 0 Å². The van der Waals surface area contributed by atoms with Gasteiger partial charge in [0.2, 0.25) is 11.7 Å². The van der Waals surface area contributed by atoms with Crippen molar-refractivity contribution in [3.8, 4) is 11.4 Å². The molecule has 0 fully saturated rings. The largest absolute Gasteiger partial charge is 0.480 e. The monoisotopic (exact) mass is 298 g/mol. The lowest BCUT2D eigenvalue weighted by Crippen LogP contribution is -2.11. The number of hydrogen-bond donors (Lipinski definition) is 1. The van der Waals surface area contributed by atoms with Crippen LogP contribution in [0.15, 0.2) is 28.8 Å². The number of nitrogens with zero attached hydrogens (tertiary/aromatic N) is 2. The first-order valence-electron chi connectivity index (χ1n) is 5.49. The Balaban J connectivity index is 2.03. The van der Waals surface area contributed by atoms with Crippen molar-refractivity contribution in [2.24, 2.45) is 0 Å². The van der Waals surface area contributed by atoms with Crippen molar-refractivity contribution >= 4 is 29.3 Å². The molecule has 0 aliphatic heterocycles. The zero-order valence-electron chi connectivity index (χ0n) is 10.0. The van der Waals surface area contributed by atoms with E-state index in [0.29, 0.717) is 22.5 Å². The number of carboxylic acids is 1. The lowest BCUT2D eigenvalue weighted by Gasteiger charge is -2.01. The van der Waals surface area contributed by atoms with E-state index < -0.39 is 11.2 Å². The van der Waals surface area contributed by atoms with E-state index in [2.05, 4.69) is 10.1 Å². The summed E-state index contributed by atoms with van der Waals surface area (Å²) in [5, 5.41) is 12.7. The van der Waals surface area contributed by atoms with E-state index in [1.165, 1.54) is 11.8 Å². The van der Waals surface area contributed by atoms with E-state index in [-0.39, 0.29) is 0 Å². The van der Waals surface area contributed by atoms with Crippen LogP contribution in [0.5, 0.6) is 0 Å². The van der Waals surface area contributed by atoms with Gasteiger partial charge in [0.25, 0.3) is 0 Å². The van der Waals surface area contributed by atoms with Crippen molar-refractivity contribution in [2.45, 2.75) is 17.9 Å². The summed E-state index contributed by atoms with van der Waals surface area (Å²) in [5.41, 5.74) is 0.802. The average molecular weight is 299 g/mol. The van der Waals surface area contributed by atoms with Gasteiger partial charge in [-0.25, -0.2) is 0 Å². The van der Waals surface area contributed by atoms with E-state index in [1.54, 1.807) is 31.2 Å². The molecule has 0 saturated heterocycles. The number of benzene rings is 1. The second-order valence-corrected chi connectivity index (χ2v) is 5.58. The highest BCUT2D eigenvalue weighted by molar-refractivity contribution is 7.99. The highest BCUT2D eigenvalue weighted by atomic mass is 35.5. The van der Waals surface area contributed by atoms with Crippen LogP contribution < -0.4 is 0 Å². The summed E-state index contributed by atoms with van der Waals surface area (Å²) in [6, 6.07) is 7.08. The predicted octanol–water partition coefficient (Wildman–Crippen LogP) is 3.10. The van der Waals surface area contributed by atoms with Crippen molar-refractivity contribution in [1.82, 2.24) is 10.1 Å². The maximum Gasteiger partial charge on any atom is 0.316 e. The van der Waals surface area contributed by atoms with E-state index in [1.807, 2.05) is 0 Å². The third kappa shape index (κ3) is 3.71. The molecule has 7 heteroatoms. The third-order valence-corrected chi connectivity index (χ3v) is 3.74. The summed E-state index contributed by atoms with van der Waals surface area (Å²) in [5.74, 6) is 0.384. The van der Waals surface area contributed by atoms with Gasteiger partial charge in [0, 0.05) is 10.6 Å². The van der Waals surface area contributed by atoms with Gasteiger partial charge in [-0.1, -0.05) is 16.8 Å². The van der Waals surface area contributed by atoms with Crippen LogP contribution >= 0.6 is 23.4 Å². The lowest BCUT2D eigenvalue weighted by molar-refractivity contribution is -0.136. The van der Waals surface area contributed by atoms with Gasteiger partial charge in [0.1, 0.15) is 0 Å². The second kappa shape index (κ2) is 6.08. The number of carboxylic acid groups (broad SMARTS) is 1. The molecule has 1 unspecified atom stereocenters. The van der Waals surface area contributed by atoms with E-state index in [0.717, 1.165) is 5.56 Å². The fraction of sp³-hybridized carbons (Fsp3) is 0.250. The normalized spacial score (nSPS) is 12.3. The van der Waals surface area contributed by atoms with Crippen molar-refractivity contribution in [1.29, 1.82) is 0 Å². The van der Waals surface area contributed by atoms with Crippen LogP contribution in [0, 0.1) is 0 Å². The number of aliphatic carboxylic acids is 1. The molecule has 5 nitrogen and oxygen atoms in total. The van der Waals surface area contributed by atoms with E-state index in [9.17, 15) is 4.79 Å². The molecular weight excluding hydrogens is 288 g/mol. The number of aromatic nitrogens is 2. The summed E-state index contributed by atoms with van der Waals surface area (Å²) in [6.45, 7) is 1.61. The molecular formula is C12H11ClN2O3S. The van der Waals surface area contributed by atoms with Crippen LogP contribution in [0.25, 0.3) is 11.4 Å². The maximum atomic E-state index is 10.7. The Labute approximate surface area is 119 Å². The van der Waals surface area contributed by atoms with Gasteiger partial charge in [-0.05, 0) is 31.2 Å². The number of hydrogen-bond acceptors (Lipinski definition) is 5. The SMILES string of the molecule is CC(SCc1nc(-c2ccc(Cl)cc2)no1)C(=O)O. The minimum Gasteiger partial charge on any atom is -0.480 e. The zero-order valence-corrected chi connectivity index (χ0v) is 11.6. The maximum absolute atomic E-state index is 10.7. The lowest BCUT2D eigenvalue weighted by atomic mass is 10.2. The Morgan fingerprint density at radius 2 is 2.16 bits per heavy atom. The fourth-order valence-corrected chi connectivity index (χ4v) is 2.08. The van der Waals surface area contributed by atoms with Gasteiger partial charge < -0.3 is 9.63 Å². The van der Waals surface area contributed by atoms with Gasteiger partial charge in [-0.3, -0.25) is 4.79 Å². The summed E-state index contributed by atoms with van der Waals surface area (Å²) >= 11 is 7.03. The molecule has 2 rings (SSSR count). The summed E-state index contributed by atoms with van der Waals surface area (Å²) < 4.78 is 5.07. The predicted molar refractivity (Wildman–Crippen MR) is 73.1 cm³/mol. The first-order chi connectivity index (χ1) is 9.06. The molecule has 1 heterocycles. The summed E-state index contributed by atoms with van der Waals surface area (Å²) in [6.07, 6.45) is 0. The Morgan fingerprint density at radius 3 is 2.79 bits per heavy atom. The van der Waals surface area contributed by atoms with E-state index in [4.69, 9.17) is 21.2 Å². The number of rotatable bonds is 5. The molecule has 0 amide bonds. The summed E-state index contributed by atoms with van der Waals surface area (Å²) in [4.78, 5) is 14.9. The molecule has 19 heavy (non-hydrogen) atoms. The summed E-state index contributed by atoms with van der Waals surface area (Å²) in [7, 11) is 0. The van der Waals surface area contributed by atoms with Crippen molar-refractivity contribution in [3.05, 3.63) is 35.2 Å². The van der Waals surface area contributed by atoms with Gasteiger partial charge in [-0.15, -0.1) is 11.8 Å². The Hall–Kier alpha value is -1.53. The second-order valence-electron chi connectivity index (χ2n) is 3.81. The van der Waals surface area contributed by atoms with Gasteiger partial charge in [-0.2, -0.15) is 4.98 Å². The Kier molecular flexibility index (Phi) is 4.44. The van der Waals surface area contributed by atoms with Crippen LogP contribution in [0.3, 0.4) is 0 Å². The Bertz CT molecular complexity index is 571. The Morgan fingerprint density at radius 1 is 1.47 bits per heavy atom. The number of carbonyl (C=O) groups is 1. The highest BCUT2D eigenvalue weighted by Crippen LogP contribution is 2.21. The molecule has 1 N–H and O–H groups in total. The molecule has 100 valence electrons. The first kappa shape index (κ1) is 13.9.